The van der Waals surface area contributed by atoms with Crippen molar-refractivity contribution in [2.45, 2.75) is 0 Å². The second-order valence-electron chi connectivity index (χ2n) is 4.85. The molecule has 0 atom stereocenters. The number of halogens is 2. The first kappa shape index (κ1) is 16.5. The van der Waals surface area contributed by atoms with Gasteiger partial charge in [0, 0.05) is 5.56 Å². The van der Waals surface area contributed by atoms with Crippen molar-refractivity contribution in [3.63, 3.8) is 0 Å². The van der Waals surface area contributed by atoms with E-state index in [0.29, 0.717) is 11.4 Å². The molecule has 7 heteroatoms. The highest BCUT2D eigenvalue weighted by atomic mass is 35.5. The van der Waals surface area contributed by atoms with Gasteiger partial charge in [0.2, 0.25) is 0 Å². The average molecular weight is 364 g/mol. The first-order valence-electron chi connectivity index (χ1n) is 6.87. The van der Waals surface area contributed by atoms with Gasteiger partial charge in [-0.25, -0.2) is 9.29 Å². The molecule has 2 aromatic carbocycles. The molecule has 1 saturated heterocycles. The Hall–Kier alpha value is -2.31. The van der Waals surface area contributed by atoms with Crippen LogP contribution in [0.3, 0.4) is 0 Å². The van der Waals surface area contributed by atoms with Crippen molar-refractivity contribution in [3.8, 4) is 5.75 Å². The maximum atomic E-state index is 13.9. The number of amides is 2. The summed E-state index contributed by atoms with van der Waals surface area (Å²) in [6.45, 7) is 0. The third-order valence-electron chi connectivity index (χ3n) is 3.40. The number of thioether (sulfide) groups is 1. The van der Waals surface area contributed by atoms with E-state index in [9.17, 15) is 14.0 Å². The number of benzene rings is 2. The number of hydrogen-bond donors (Lipinski definition) is 0. The summed E-state index contributed by atoms with van der Waals surface area (Å²) in [7, 11) is 1.52. The van der Waals surface area contributed by atoms with E-state index in [4.69, 9.17) is 16.3 Å². The zero-order chi connectivity index (χ0) is 17.3. The maximum Gasteiger partial charge on any atom is 0.298 e. The van der Waals surface area contributed by atoms with Gasteiger partial charge < -0.3 is 4.74 Å². The number of imide groups is 1. The Labute approximate surface area is 146 Å². The van der Waals surface area contributed by atoms with Crippen LogP contribution in [0.4, 0.5) is 14.9 Å². The Bertz CT molecular complexity index is 831. The van der Waals surface area contributed by atoms with Crippen LogP contribution in [0.5, 0.6) is 5.75 Å². The summed E-state index contributed by atoms with van der Waals surface area (Å²) in [6, 6.07) is 10.7. The van der Waals surface area contributed by atoms with Gasteiger partial charge in [-0.05, 0) is 54.2 Å². The molecule has 1 fully saturated rings. The molecule has 0 spiro atoms. The molecule has 0 radical (unpaired) electrons. The van der Waals surface area contributed by atoms with Crippen molar-refractivity contribution >= 4 is 46.3 Å². The number of carbonyl (C=O) groups excluding carboxylic acids is 2. The van der Waals surface area contributed by atoms with Crippen molar-refractivity contribution < 1.29 is 18.7 Å². The fraction of sp³-hybridized carbons (Fsp3) is 0.0588. The molecule has 0 N–H and O–H groups in total. The molecule has 1 aliphatic rings. The predicted molar refractivity (Wildman–Crippen MR) is 92.9 cm³/mol. The van der Waals surface area contributed by atoms with Crippen LogP contribution in [0, 0.1) is 5.82 Å². The van der Waals surface area contributed by atoms with E-state index in [2.05, 4.69) is 0 Å². The van der Waals surface area contributed by atoms with Crippen LogP contribution in [0.25, 0.3) is 6.08 Å². The Morgan fingerprint density at radius 1 is 1.17 bits per heavy atom. The quantitative estimate of drug-likeness (QED) is 0.740. The normalized spacial score (nSPS) is 16.1. The lowest BCUT2D eigenvalue weighted by molar-refractivity contribution is -0.113. The molecule has 24 heavy (non-hydrogen) atoms. The first-order chi connectivity index (χ1) is 11.5. The summed E-state index contributed by atoms with van der Waals surface area (Å²) in [5, 5.41) is -0.282. The molecule has 0 aromatic heterocycles. The fourth-order valence-corrected chi connectivity index (χ4v) is 3.24. The van der Waals surface area contributed by atoms with E-state index >= 15 is 0 Å². The van der Waals surface area contributed by atoms with E-state index < -0.39 is 17.0 Å². The van der Waals surface area contributed by atoms with Crippen molar-refractivity contribution in [2.24, 2.45) is 0 Å². The molecule has 122 valence electrons. The van der Waals surface area contributed by atoms with Crippen LogP contribution in [0.1, 0.15) is 5.56 Å². The Kier molecular flexibility index (Phi) is 4.59. The number of rotatable bonds is 3. The highest BCUT2D eigenvalue weighted by Gasteiger charge is 2.36. The lowest BCUT2D eigenvalue weighted by Gasteiger charge is -2.12. The van der Waals surface area contributed by atoms with Crippen molar-refractivity contribution in [1.82, 2.24) is 0 Å². The van der Waals surface area contributed by atoms with Crippen molar-refractivity contribution in [3.05, 3.63) is 63.8 Å². The summed E-state index contributed by atoms with van der Waals surface area (Å²) in [6.07, 6.45) is 1.30. The minimum atomic E-state index is -0.557. The molecule has 2 aromatic rings. The molecule has 4 nitrogen and oxygen atoms in total. The average Bonchev–Trinajstić information content (AvgIpc) is 2.85. The summed E-state index contributed by atoms with van der Waals surface area (Å²) >= 11 is 6.70. The standard InChI is InChI=1S/C17H11ClFNO3S/c1-23-11-7-5-10(6-8-11)20-16(21)15(24-17(20)22)9-12-13(18)3-2-4-14(12)19/h2-9H,1H3/b15-9-. The number of nitrogens with zero attached hydrogens (tertiary/aromatic N) is 1. The molecule has 3 rings (SSSR count). The monoisotopic (exact) mass is 363 g/mol. The lowest BCUT2D eigenvalue weighted by atomic mass is 10.2. The molecule has 0 bridgehead atoms. The number of methoxy groups -OCH3 is 1. The minimum absolute atomic E-state index is 0.0828. The second-order valence-corrected chi connectivity index (χ2v) is 6.25. The smallest absolute Gasteiger partial charge is 0.298 e. The van der Waals surface area contributed by atoms with E-state index in [1.54, 1.807) is 24.3 Å². The molecule has 0 aliphatic carbocycles. The molecule has 2 amide bonds. The zero-order valence-electron chi connectivity index (χ0n) is 12.5. The topological polar surface area (TPSA) is 46.6 Å². The molecule has 0 unspecified atom stereocenters. The molecule has 0 saturated carbocycles. The van der Waals surface area contributed by atoms with Gasteiger partial charge in [-0.2, -0.15) is 0 Å². The Balaban J connectivity index is 1.95. The fourth-order valence-electron chi connectivity index (χ4n) is 2.20. The lowest BCUT2D eigenvalue weighted by Crippen LogP contribution is -2.27. The highest BCUT2D eigenvalue weighted by Crippen LogP contribution is 2.37. The SMILES string of the molecule is COc1ccc(N2C(=O)S/C(=C\c3c(F)cccc3Cl)C2=O)cc1. The molecule has 1 heterocycles. The minimum Gasteiger partial charge on any atom is -0.497 e. The highest BCUT2D eigenvalue weighted by molar-refractivity contribution is 8.19. The van der Waals surface area contributed by atoms with E-state index in [-0.39, 0.29) is 15.5 Å². The van der Waals surface area contributed by atoms with Crippen LogP contribution in [0.15, 0.2) is 47.4 Å². The molecular formula is C17H11ClFNO3S. The van der Waals surface area contributed by atoms with E-state index in [1.807, 2.05) is 0 Å². The van der Waals surface area contributed by atoms with E-state index in [0.717, 1.165) is 16.7 Å². The molecular weight excluding hydrogens is 353 g/mol. The Morgan fingerprint density at radius 3 is 2.50 bits per heavy atom. The maximum absolute atomic E-state index is 13.9. The Morgan fingerprint density at radius 2 is 1.88 bits per heavy atom. The largest absolute Gasteiger partial charge is 0.497 e. The van der Waals surface area contributed by atoms with Gasteiger partial charge in [-0.3, -0.25) is 9.59 Å². The predicted octanol–water partition coefficient (Wildman–Crippen LogP) is 4.73. The van der Waals surface area contributed by atoms with Crippen LogP contribution in [-0.2, 0) is 4.79 Å². The van der Waals surface area contributed by atoms with Gasteiger partial charge in [0.05, 0.1) is 22.7 Å². The number of anilines is 1. The zero-order valence-corrected chi connectivity index (χ0v) is 14.0. The summed E-state index contributed by atoms with van der Waals surface area (Å²) in [5.74, 6) is -0.465. The van der Waals surface area contributed by atoms with Crippen molar-refractivity contribution in [2.75, 3.05) is 12.0 Å². The summed E-state index contributed by atoms with van der Waals surface area (Å²) in [5.41, 5.74) is 0.501. The number of carbonyl (C=O) groups is 2. The van der Waals surface area contributed by atoms with Crippen LogP contribution in [-0.4, -0.2) is 18.3 Å². The second kappa shape index (κ2) is 6.67. The molecule has 1 aliphatic heterocycles. The third kappa shape index (κ3) is 3.02. The van der Waals surface area contributed by atoms with Gasteiger partial charge >= 0.3 is 0 Å². The summed E-state index contributed by atoms with van der Waals surface area (Å²) < 4.78 is 18.9. The van der Waals surface area contributed by atoms with Crippen LogP contribution in [0.2, 0.25) is 5.02 Å². The van der Waals surface area contributed by atoms with Gasteiger partial charge in [0.1, 0.15) is 11.6 Å². The van der Waals surface area contributed by atoms with E-state index in [1.165, 1.54) is 31.4 Å². The van der Waals surface area contributed by atoms with Gasteiger partial charge in [0.15, 0.2) is 0 Å². The third-order valence-corrected chi connectivity index (χ3v) is 4.60. The van der Waals surface area contributed by atoms with Gasteiger partial charge in [-0.15, -0.1) is 0 Å². The van der Waals surface area contributed by atoms with Crippen LogP contribution >= 0.6 is 23.4 Å². The van der Waals surface area contributed by atoms with Gasteiger partial charge in [-0.1, -0.05) is 17.7 Å². The summed E-state index contributed by atoms with van der Waals surface area (Å²) in [4.78, 5) is 25.8. The van der Waals surface area contributed by atoms with Crippen LogP contribution < -0.4 is 9.64 Å². The van der Waals surface area contributed by atoms with Crippen molar-refractivity contribution in [1.29, 1.82) is 0 Å². The first-order valence-corrected chi connectivity index (χ1v) is 8.06. The van der Waals surface area contributed by atoms with Gasteiger partial charge in [0.25, 0.3) is 11.1 Å². The number of hydrogen-bond acceptors (Lipinski definition) is 4. The number of ether oxygens (including phenoxy) is 1.